The fourth-order valence-corrected chi connectivity index (χ4v) is 3.66. The third-order valence-electron chi connectivity index (χ3n) is 5.18. The molecule has 0 spiro atoms. The molecular weight excluding hydrogens is 424 g/mol. The number of fused-ring (bicyclic) bond motifs is 1. The highest BCUT2D eigenvalue weighted by molar-refractivity contribution is 6.07. The first-order chi connectivity index (χ1) is 14.4. The number of aryl methyl sites for hydroxylation is 1. The summed E-state index contributed by atoms with van der Waals surface area (Å²) in [5.41, 5.74) is -0.435. The third-order valence-corrected chi connectivity index (χ3v) is 5.18. The van der Waals surface area contributed by atoms with Crippen LogP contribution in [0.25, 0.3) is 0 Å². The predicted octanol–water partition coefficient (Wildman–Crippen LogP) is 5.06. The number of allylic oxidation sites excluding steroid dienone is 1. The lowest BCUT2D eigenvalue weighted by Gasteiger charge is -2.34. The van der Waals surface area contributed by atoms with Crippen LogP contribution in [-0.2, 0) is 4.79 Å². The number of rotatable bonds is 4. The van der Waals surface area contributed by atoms with Gasteiger partial charge in [-0.15, -0.1) is 0 Å². The molecule has 1 heterocycles. The van der Waals surface area contributed by atoms with Gasteiger partial charge in [-0.3, -0.25) is 9.79 Å². The number of halogens is 6. The zero-order valence-corrected chi connectivity index (χ0v) is 16.2. The number of aliphatic imine (C=N–C) groups is 1. The molecule has 0 bridgehead atoms. The second-order valence-electron chi connectivity index (χ2n) is 7.34. The summed E-state index contributed by atoms with van der Waals surface area (Å²) in [5, 5.41) is 11.9. The van der Waals surface area contributed by atoms with Crippen LogP contribution in [0.15, 0.2) is 46.5 Å². The van der Waals surface area contributed by atoms with E-state index >= 15 is 0 Å². The fraction of sp³-hybridized carbons (Fsp3) is 0.381. The monoisotopic (exact) mass is 441 g/mol. The van der Waals surface area contributed by atoms with E-state index in [4.69, 9.17) is 5.26 Å². The van der Waals surface area contributed by atoms with E-state index in [0.717, 1.165) is 11.6 Å². The summed E-state index contributed by atoms with van der Waals surface area (Å²) in [6, 6.07) is 4.92. The Morgan fingerprint density at radius 2 is 1.97 bits per heavy atom. The van der Waals surface area contributed by atoms with Gasteiger partial charge in [-0.25, -0.2) is 0 Å². The molecule has 31 heavy (non-hydrogen) atoms. The van der Waals surface area contributed by atoms with Crippen molar-refractivity contribution in [3.05, 3.63) is 52.6 Å². The molecule has 10 heteroatoms. The molecule has 2 unspecified atom stereocenters. The lowest BCUT2D eigenvalue weighted by molar-refractivity contribution is -0.164. The zero-order valence-electron chi connectivity index (χ0n) is 16.2. The molecule has 1 N–H and O–H groups in total. The van der Waals surface area contributed by atoms with Gasteiger partial charge in [-0.1, -0.05) is 18.2 Å². The van der Waals surface area contributed by atoms with Gasteiger partial charge < -0.3 is 5.32 Å². The number of alkyl halides is 6. The highest BCUT2D eigenvalue weighted by atomic mass is 19.4. The molecule has 0 aromatic heterocycles. The first-order valence-electron chi connectivity index (χ1n) is 9.28. The van der Waals surface area contributed by atoms with Crippen molar-refractivity contribution >= 4 is 17.2 Å². The molecule has 1 aliphatic heterocycles. The summed E-state index contributed by atoms with van der Waals surface area (Å²) in [6.45, 7) is 1.29. The van der Waals surface area contributed by atoms with Crippen molar-refractivity contribution in [1.29, 1.82) is 5.26 Å². The number of ketones is 1. The van der Waals surface area contributed by atoms with Gasteiger partial charge in [0.25, 0.3) is 0 Å². The molecule has 3 rings (SSSR count). The number of dihydropyridines is 1. The number of Topliss-reactive ketones (excluding diaryl/α,β-unsaturated/α-hetero) is 1. The molecule has 0 fully saturated rings. The Bertz CT molecular complexity index is 1030. The molecule has 1 aliphatic carbocycles. The summed E-state index contributed by atoms with van der Waals surface area (Å²) in [6.07, 6.45) is -8.73. The Morgan fingerprint density at radius 1 is 1.26 bits per heavy atom. The fourth-order valence-electron chi connectivity index (χ4n) is 3.66. The molecule has 0 radical (unpaired) electrons. The number of hydrogen-bond acceptors (Lipinski definition) is 4. The van der Waals surface area contributed by atoms with Gasteiger partial charge in [0, 0.05) is 12.0 Å². The summed E-state index contributed by atoms with van der Waals surface area (Å²) < 4.78 is 80.2. The number of carbonyl (C=O) groups excluding carboxylic acids is 1. The van der Waals surface area contributed by atoms with Crippen LogP contribution in [0.2, 0.25) is 0 Å². The van der Waals surface area contributed by atoms with Gasteiger partial charge >= 0.3 is 12.4 Å². The van der Waals surface area contributed by atoms with E-state index in [1.807, 2.05) is 6.07 Å². The van der Waals surface area contributed by atoms with Gasteiger partial charge in [-0.2, -0.15) is 31.6 Å². The standard InChI is InChI=1S/C21H17F6N3O/c1-11-5-6-12(9-28)16(7-11)29-10-17(31)14-8-18(21(25,26)27)30-19-13(14)3-2-4-15(19)20(22,23)24/h2,4-7,15,19,29H,3,8,10H2,1H3. The van der Waals surface area contributed by atoms with Crippen LogP contribution in [-0.4, -0.2) is 36.4 Å². The summed E-state index contributed by atoms with van der Waals surface area (Å²) >= 11 is 0. The van der Waals surface area contributed by atoms with E-state index in [1.165, 1.54) is 12.1 Å². The van der Waals surface area contributed by atoms with Crippen molar-refractivity contribution < 1.29 is 31.1 Å². The maximum Gasteiger partial charge on any atom is 0.429 e. The highest BCUT2D eigenvalue weighted by Gasteiger charge is 2.50. The van der Waals surface area contributed by atoms with Crippen molar-refractivity contribution in [2.45, 2.75) is 38.2 Å². The Morgan fingerprint density at radius 3 is 2.58 bits per heavy atom. The van der Waals surface area contributed by atoms with E-state index in [0.29, 0.717) is 5.69 Å². The summed E-state index contributed by atoms with van der Waals surface area (Å²) in [7, 11) is 0. The number of anilines is 1. The first-order valence-corrected chi connectivity index (χ1v) is 9.28. The van der Waals surface area contributed by atoms with Crippen LogP contribution in [0.4, 0.5) is 32.0 Å². The van der Waals surface area contributed by atoms with Crippen molar-refractivity contribution in [3.63, 3.8) is 0 Å². The van der Waals surface area contributed by atoms with Crippen LogP contribution < -0.4 is 5.32 Å². The van der Waals surface area contributed by atoms with Crippen LogP contribution in [0.3, 0.4) is 0 Å². The van der Waals surface area contributed by atoms with Crippen LogP contribution in [0.5, 0.6) is 0 Å². The average Bonchev–Trinajstić information content (AvgIpc) is 2.69. The molecule has 164 valence electrons. The van der Waals surface area contributed by atoms with Crippen molar-refractivity contribution in [2.75, 3.05) is 11.9 Å². The quantitative estimate of drug-likeness (QED) is 0.525. The molecule has 1 aromatic rings. The minimum Gasteiger partial charge on any atom is -0.377 e. The first kappa shape index (κ1) is 22.6. The lowest BCUT2D eigenvalue weighted by Crippen LogP contribution is -2.41. The molecule has 0 amide bonds. The van der Waals surface area contributed by atoms with Crippen molar-refractivity contribution in [3.8, 4) is 6.07 Å². The number of hydrogen-bond donors (Lipinski definition) is 1. The van der Waals surface area contributed by atoms with E-state index in [-0.39, 0.29) is 23.1 Å². The summed E-state index contributed by atoms with van der Waals surface area (Å²) in [5.74, 6) is -3.00. The molecule has 1 aromatic carbocycles. The van der Waals surface area contributed by atoms with E-state index in [9.17, 15) is 31.1 Å². The number of nitrogens with zero attached hydrogens (tertiary/aromatic N) is 2. The minimum absolute atomic E-state index is 0.0469. The van der Waals surface area contributed by atoms with Crippen LogP contribution >= 0.6 is 0 Å². The second kappa shape index (κ2) is 8.21. The van der Waals surface area contributed by atoms with E-state index in [2.05, 4.69) is 10.3 Å². The Kier molecular flexibility index (Phi) is 5.98. The van der Waals surface area contributed by atoms with Gasteiger partial charge in [0.15, 0.2) is 5.78 Å². The SMILES string of the molecule is Cc1ccc(C#N)c(NCC(=O)C2=C3CC=CC(C(F)(F)F)C3N=C(C(F)(F)F)C2)c1. The highest BCUT2D eigenvalue weighted by Crippen LogP contribution is 2.43. The molecule has 4 nitrogen and oxygen atoms in total. The molecular formula is C21H17F6N3O. The van der Waals surface area contributed by atoms with Crippen molar-refractivity contribution in [1.82, 2.24) is 0 Å². The van der Waals surface area contributed by atoms with Crippen LogP contribution in [0, 0.1) is 24.2 Å². The normalized spacial score (nSPS) is 21.3. The van der Waals surface area contributed by atoms with Crippen LogP contribution in [0.1, 0.15) is 24.0 Å². The number of nitrogens with one attached hydrogen (secondary N) is 1. The van der Waals surface area contributed by atoms with Gasteiger partial charge in [0.1, 0.15) is 11.8 Å². The number of carbonyl (C=O) groups is 1. The minimum atomic E-state index is -4.95. The predicted molar refractivity (Wildman–Crippen MR) is 102 cm³/mol. The average molecular weight is 441 g/mol. The zero-order chi connectivity index (χ0) is 23.0. The number of benzene rings is 1. The summed E-state index contributed by atoms with van der Waals surface area (Å²) in [4.78, 5) is 16.2. The van der Waals surface area contributed by atoms with Crippen molar-refractivity contribution in [2.24, 2.45) is 10.9 Å². The molecule has 0 saturated carbocycles. The Hall–Kier alpha value is -3.09. The largest absolute Gasteiger partial charge is 0.429 e. The van der Waals surface area contributed by atoms with Gasteiger partial charge in [0.05, 0.1) is 29.8 Å². The maximum absolute atomic E-state index is 13.4. The number of nitriles is 1. The smallest absolute Gasteiger partial charge is 0.377 e. The lowest BCUT2D eigenvalue weighted by atomic mass is 9.79. The molecule has 2 atom stereocenters. The molecule has 0 saturated heterocycles. The second-order valence-corrected chi connectivity index (χ2v) is 7.34. The Balaban J connectivity index is 1.94. The van der Waals surface area contributed by atoms with Gasteiger partial charge in [0.2, 0.25) is 0 Å². The maximum atomic E-state index is 13.4. The third kappa shape index (κ3) is 4.81. The Labute approximate surface area is 174 Å². The van der Waals surface area contributed by atoms with E-state index in [1.54, 1.807) is 19.1 Å². The molecule has 2 aliphatic rings. The van der Waals surface area contributed by atoms with E-state index < -0.39 is 48.8 Å². The van der Waals surface area contributed by atoms with Gasteiger partial charge in [-0.05, 0) is 36.6 Å². The topological polar surface area (TPSA) is 65.2 Å².